The topological polar surface area (TPSA) is 58.9 Å². The quantitative estimate of drug-likeness (QED) is 0.0596. The van der Waals surface area contributed by atoms with Gasteiger partial charge in [0.1, 0.15) is 5.69 Å². The molecule has 2 aromatic carbocycles. The van der Waals surface area contributed by atoms with Gasteiger partial charge in [-0.3, -0.25) is 9.36 Å². The molecule has 1 heterocycles. The van der Waals surface area contributed by atoms with Gasteiger partial charge in [0, 0.05) is 15.4 Å². The van der Waals surface area contributed by atoms with E-state index in [2.05, 4.69) is 103 Å². The molecular weight excluding hydrogens is 750 g/mol. The van der Waals surface area contributed by atoms with Crippen LogP contribution in [-0.2, 0) is 30.5 Å². The number of rotatable bonds is 26. The van der Waals surface area contributed by atoms with E-state index >= 15 is 4.79 Å². The summed E-state index contributed by atoms with van der Waals surface area (Å²) in [4.78, 5) is 15.3. The summed E-state index contributed by atoms with van der Waals surface area (Å²) in [7, 11) is 0. The molecule has 7 heteroatoms. The fourth-order valence-electron chi connectivity index (χ4n) is 7.54. The summed E-state index contributed by atoms with van der Waals surface area (Å²) in [5.41, 5.74) is 2.51. The molecular formula is C48H74BrNO5. The summed E-state index contributed by atoms with van der Waals surface area (Å²) in [5.74, 6) is -1.04. The van der Waals surface area contributed by atoms with E-state index in [0.717, 1.165) is 72.5 Å². The van der Waals surface area contributed by atoms with Crippen molar-refractivity contribution in [1.82, 2.24) is 4.57 Å². The van der Waals surface area contributed by atoms with Crippen molar-refractivity contribution >= 4 is 26.7 Å². The molecule has 0 aliphatic heterocycles. The van der Waals surface area contributed by atoms with E-state index in [0.29, 0.717) is 36.8 Å². The summed E-state index contributed by atoms with van der Waals surface area (Å²) in [6.07, 6.45) is 17.6. The normalized spacial score (nSPS) is 14.6. The van der Waals surface area contributed by atoms with Gasteiger partial charge in [0.2, 0.25) is 0 Å². The molecule has 1 aliphatic carbocycles. The minimum absolute atomic E-state index is 0.0120. The van der Waals surface area contributed by atoms with Gasteiger partial charge in [0.25, 0.3) is 5.56 Å². The van der Waals surface area contributed by atoms with Gasteiger partial charge in [-0.1, -0.05) is 147 Å². The van der Waals surface area contributed by atoms with Crippen molar-refractivity contribution < 1.29 is 18.9 Å². The number of ether oxygens (including phenoxy) is 4. The van der Waals surface area contributed by atoms with Gasteiger partial charge in [-0.25, -0.2) is 0 Å². The molecule has 1 saturated carbocycles. The Morgan fingerprint density at radius 3 is 1.84 bits per heavy atom. The molecule has 0 saturated heterocycles. The molecule has 0 spiro atoms. The van der Waals surface area contributed by atoms with Gasteiger partial charge in [0.05, 0.1) is 37.2 Å². The van der Waals surface area contributed by atoms with E-state index < -0.39 is 11.6 Å². The number of aromatic nitrogens is 1. The first-order valence-corrected chi connectivity index (χ1v) is 22.7. The predicted molar refractivity (Wildman–Crippen MR) is 233 cm³/mol. The molecule has 1 fully saturated rings. The number of fused-ring (bicyclic) bond motifs is 1. The van der Waals surface area contributed by atoms with Crippen molar-refractivity contribution in [3.63, 3.8) is 0 Å². The lowest BCUT2D eigenvalue weighted by molar-refractivity contribution is -0.396. The van der Waals surface area contributed by atoms with Crippen molar-refractivity contribution in [2.45, 2.75) is 189 Å². The van der Waals surface area contributed by atoms with E-state index in [9.17, 15) is 0 Å². The van der Waals surface area contributed by atoms with Crippen LogP contribution in [-0.4, -0.2) is 30.5 Å². The van der Waals surface area contributed by atoms with E-state index in [1.54, 1.807) is 0 Å². The molecule has 3 aromatic rings. The molecule has 1 aromatic heterocycles. The fourth-order valence-corrected chi connectivity index (χ4v) is 8.37. The maximum atomic E-state index is 15.3. The molecule has 0 bridgehead atoms. The maximum Gasteiger partial charge on any atom is 0.328 e. The number of hydrogen-bond acceptors (Lipinski definition) is 5. The van der Waals surface area contributed by atoms with Crippen LogP contribution in [0.3, 0.4) is 0 Å². The SMILES string of the molecule is CCCCCCCCCC(OC(C)(C)c1c(Br)cccc1-n1c(C(OCCCC)(OCCCC)OCCCC)cc2cc(C3CC3)ccc2c1=O)C(C)(C)C. The minimum Gasteiger partial charge on any atom is -0.367 e. The number of nitrogens with zero attached hydrogens (tertiary/aromatic N) is 1. The highest BCUT2D eigenvalue weighted by Crippen LogP contribution is 2.44. The van der Waals surface area contributed by atoms with Crippen molar-refractivity contribution in [2.75, 3.05) is 19.8 Å². The average molecular weight is 825 g/mol. The Labute approximate surface area is 342 Å². The molecule has 308 valence electrons. The van der Waals surface area contributed by atoms with Gasteiger partial charge in [0.15, 0.2) is 0 Å². The van der Waals surface area contributed by atoms with Crippen LogP contribution in [0.1, 0.15) is 188 Å². The zero-order valence-electron chi connectivity index (χ0n) is 36.0. The molecule has 0 N–H and O–H groups in total. The Kier molecular flexibility index (Phi) is 18.0. The Morgan fingerprint density at radius 2 is 1.29 bits per heavy atom. The van der Waals surface area contributed by atoms with Crippen molar-refractivity contribution in [1.29, 1.82) is 0 Å². The zero-order chi connectivity index (χ0) is 40.1. The molecule has 0 amide bonds. The van der Waals surface area contributed by atoms with Gasteiger partial charge < -0.3 is 18.9 Å². The van der Waals surface area contributed by atoms with Crippen LogP contribution in [0.5, 0.6) is 0 Å². The van der Waals surface area contributed by atoms with Crippen LogP contribution in [0.2, 0.25) is 0 Å². The monoisotopic (exact) mass is 823 g/mol. The number of halogens is 1. The molecule has 0 radical (unpaired) electrons. The molecule has 1 unspecified atom stereocenters. The second-order valence-electron chi connectivity index (χ2n) is 17.5. The van der Waals surface area contributed by atoms with Crippen molar-refractivity contribution in [2.24, 2.45) is 5.41 Å². The standard InChI is InChI=1S/C48H74BrNO5/c1-10-14-18-19-20-21-22-26-43(46(5,6)7)55-47(8,9)44-40(49)24-23-25-41(44)50-42(35-38-34-37(36-27-28-36)29-30-39(38)45(50)51)48(52-31-15-11-2,53-32-16-12-3)54-33-17-13-4/h23-25,29-30,34-36,43H,10-22,26-28,31-33H2,1-9H3. The first kappa shape index (κ1) is 45.7. The third-order valence-electron chi connectivity index (χ3n) is 11.1. The summed E-state index contributed by atoms with van der Waals surface area (Å²) in [6, 6.07) is 14.5. The van der Waals surface area contributed by atoms with Crippen molar-refractivity contribution in [3.05, 3.63) is 74.1 Å². The lowest BCUT2D eigenvalue weighted by Crippen LogP contribution is -2.43. The second-order valence-corrected chi connectivity index (χ2v) is 18.3. The lowest BCUT2D eigenvalue weighted by atomic mass is 9.84. The third kappa shape index (κ3) is 12.5. The smallest absolute Gasteiger partial charge is 0.328 e. The molecule has 1 aliphatic rings. The van der Waals surface area contributed by atoms with Crippen molar-refractivity contribution in [3.8, 4) is 5.69 Å². The van der Waals surface area contributed by atoms with Crippen LogP contribution >= 0.6 is 15.9 Å². The number of pyridine rings is 1. The van der Waals surface area contributed by atoms with Gasteiger partial charge >= 0.3 is 5.97 Å². The maximum absolute atomic E-state index is 15.3. The van der Waals surface area contributed by atoms with E-state index in [1.807, 2.05) is 22.8 Å². The number of benzene rings is 2. The van der Waals surface area contributed by atoms with Crippen LogP contribution in [0.4, 0.5) is 0 Å². The Balaban J connectivity index is 1.92. The van der Waals surface area contributed by atoms with Gasteiger partial charge in [-0.2, -0.15) is 0 Å². The van der Waals surface area contributed by atoms with Crippen LogP contribution in [0, 0.1) is 5.41 Å². The summed E-state index contributed by atoms with van der Waals surface area (Å²) >= 11 is 3.96. The molecule has 4 rings (SSSR count). The summed E-state index contributed by atoms with van der Waals surface area (Å²) in [6.45, 7) is 21.2. The molecule has 6 nitrogen and oxygen atoms in total. The largest absolute Gasteiger partial charge is 0.367 e. The summed E-state index contributed by atoms with van der Waals surface area (Å²) < 4.78 is 30.4. The van der Waals surface area contributed by atoms with E-state index in [4.69, 9.17) is 18.9 Å². The highest BCUT2D eigenvalue weighted by molar-refractivity contribution is 9.10. The third-order valence-corrected chi connectivity index (χ3v) is 11.7. The minimum atomic E-state index is -1.59. The molecule has 1 atom stereocenters. The van der Waals surface area contributed by atoms with Gasteiger partial charge in [-0.15, -0.1) is 0 Å². The van der Waals surface area contributed by atoms with E-state index in [1.165, 1.54) is 56.9 Å². The lowest BCUT2D eigenvalue weighted by Gasteiger charge is -2.40. The highest BCUT2D eigenvalue weighted by Gasteiger charge is 2.42. The average Bonchev–Trinajstić information content (AvgIpc) is 3.99. The first-order chi connectivity index (χ1) is 26.3. The number of hydrogen-bond donors (Lipinski definition) is 0. The van der Waals surface area contributed by atoms with Crippen LogP contribution in [0.15, 0.2) is 51.7 Å². The van der Waals surface area contributed by atoms with E-state index in [-0.39, 0.29) is 17.1 Å². The number of unbranched alkanes of at least 4 members (excludes halogenated alkanes) is 9. The predicted octanol–water partition coefficient (Wildman–Crippen LogP) is 14.0. The second kappa shape index (κ2) is 21.6. The summed E-state index contributed by atoms with van der Waals surface area (Å²) in [5, 5.41) is 1.55. The Hall–Kier alpha value is -2.03. The Bertz CT molecular complexity index is 1640. The molecule has 55 heavy (non-hydrogen) atoms. The Morgan fingerprint density at radius 1 is 0.727 bits per heavy atom. The zero-order valence-corrected chi connectivity index (χ0v) is 37.6. The van der Waals surface area contributed by atoms with Crippen LogP contribution < -0.4 is 5.56 Å². The fraction of sp³-hybridized carbons (Fsp3) is 0.688. The van der Waals surface area contributed by atoms with Crippen LogP contribution in [0.25, 0.3) is 16.5 Å². The van der Waals surface area contributed by atoms with Gasteiger partial charge in [-0.05, 0) is 98.9 Å². The first-order valence-electron chi connectivity index (χ1n) is 21.9. The highest BCUT2D eigenvalue weighted by atomic mass is 79.9.